The van der Waals surface area contributed by atoms with Gasteiger partial charge in [0.1, 0.15) is 0 Å². The highest BCUT2D eigenvalue weighted by atomic mass is 32.1. The highest BCUT2D eigenvalue weighted by Gasteiger charge is 2.02. The summed E-state index contributed by atoms with van der Waals surface area (Å²) in [6, 6.07) is 8.41. The number of carbonyl (C=O) groups excluding carboxylic acids is 1. The molecule has 3 heteroatoms. The van der Waals surface area contributed by atoms with Crippen LogP contribution in [-0.2, 0) is 11.3 Å². The van der Waals surface area contributed by atoms with E-state index in [2.05, 4.69) is 56.1 Å². The van der Waals surface area contributed by atoms with E-state index in [1.807, 2.05) is 0 Å². The summed E-state index contributed by atoms with van der Waals surface area (Å²) in [6.07, 6.45) is 1.15. The van der Waals surface area contributed by atoms with Crippen LogP contribution in [-0.4, -0.2) is 11.7 Å². The van der Waals surface area contributed by atoms with E-state index in [0.717, 1.165) is 12.0 Å². The summed E-state index contributed by atoms with van der Waals surface area (Å²) in [4.78, 5) is 11.0. The fourth-order valence-corrected chi connectivity index (χ4v) is 1.57. The van der Waals surface area contributed by atoms with Crippen molar-refractivity contribution in [1.82, 2.24) is 5.32 Å². The Kier molecular flexibility index (Phi) is 5.39. The minimum atomic E-state index is -0.0330. The minimum Gasteiger partial charge on any atom is -0.351 e. The molecule has 0 aliphatic rings. The molecule has 88 valence electrons. The zero-order valence-electron chi connectivity index (χ0n) is 9.86. The second-order valence-electron chi connectivity index (χ2n) is 3.99. The lowest BCUT2D eigenvalue weighted by atomic mass is 9.98. The predicted octanol–water partition coefficient (Wildman–Crippen LogP) is 2.75. The van der Waals surface area contributed by atoms with E-state index in [9.17, 15) is 4.79 Å². The van der Waals surface area contributed by atoms with Gasteiger partial charge in [-0.05, 0) is 23.5 Å². The number of thiol groups is 1. The van der Waals surface area contributed by atoms with Crippen LogP contribution in [0.5, 0.6) is 0 Å². The van der Waals surface area contributed by atoms with Crippen LogP contribution in [0.25, 0.3) is 0 Å². The van der Waals surface area contributed by atoms with Crippen molar-refractivity contribution >= 4 is 18.5 Å². The van der Waals surface area contributed by atoms with Crippen LogP contribution < -0.4 is 5.32 Å². The molecule has 0 bridgehead atoms. The molecule has 0 aliphatic carbocycles. The molecule has 0 saturated heterocycles. The summed E-state index contributed by atoms with van der Waals surface area (Å²) in [5.41, 5.74) is 2.48. The molecule has 1 unspecified atom stereocenters. The van der Waals surface area contributed by atoms with E-state index in [0.29, 0.717) is 12.5 Å². The number of benzene rings is 1. The van der Waals surface area contributed by atoms with Gasteiger partial charge >= 0.3 is 0 Å². The van der Waals surface area contributed by atoms with Crippen molar-refractivity contribution in [1.29, 1.82) is 0 Å². The molecule has 1 N–H and O–H groups in total. The van der Waals surface area contributed by atoms with Gasteiger partial charge in [-0.2, -0.15) is 12.6 Å². The largest absolute Gasteiger partial charge is 0.351 e. The highest BCUT2D eigenvalue weighted by molar-refractivity contribution is 7.81. The molecule has 16 heavy (non-hydrogen) atoms. The minimum absolute atomic E-state index is 0.0330. The first kappa shape index (κ1) is 13.1. The average Bonchev–Trinajstić information content (AvgIpc) is 2.35. The molecular formula is C13H19NOS. The van der Waals surface area contributed by atoms with Crippen molar-refractivity contribution in [2.75, 3.05) is 5.75 Å². The molecule has 1 aromatic rings. The molecule has 0 spiro atoms. The standard InChI is InChI=1S/C13H19NOS/c1-3-10(2)12-6-4-11(5-7-12)8-14-13(15)9-16/h4-7,10,16H,3,8-9H2,1-2H3,(H,14,15). The zero-order valence-corrected chi connectivity index (χ0v) is 10.8. The number of rotatable bonds is 5. The molecule has 1 rings (SSSR count). The van der Waals surface area contributed by atoms with Crippen molar-refractivity contribution in [3.63, 3.8) is 0 Å². The van der Waals surface area contributed by atoms with Crippen LogP contribution in [0.1, 0.15) is 37.3 Å². The van der Waals surface area contributed by atoms with E-state index in [-0.39, 0.29) is 11.7 Å². The second kappa shape index (κ2) is 6.59. The lowest BCUT2D eigenvalue weighted by Gasteiger charge is -2.10. The van der Waals surface area contributed by atoms with Crippen LogP contribution in [0.3, 0.4) is 0 Å². The number of hydrogen-bond acceptors (Lipinski definition) is 2. The summed E-state index contributed by atoms with van der Waals surface area (Å²) >= 11 is 3.91. The molecule has 0 fully saturated rings. The third kappa shape index (κ3) is 3.89. The van der Waals surface area contributed by atoms with Gasteiger partial charge in [0.15, 0.2) is 0 Å². The van der Waals surface area contributed by atoms with Gasteiger partial charge in [-0.3, -0.25) is 4.79 Å². The Bertz CT molecular complexity index is 334. The van der Waals surface area contributed by atoms with Gasteiger partial charge in [0.05, 0.1) is 5.75 Å². The van der Waals surface area contributed by atoms with E-state index in [4.69, 9.17) is 0 Å². The van der Waals surface area contributed by atoms with Crippen molar-refractivity contribution in [3.8, 4) is 0 Å². The van der Waals surface area contributed by atoms with Gasteiger partial charge in [0, 0.05) is 6.54 Å². The van der Waals surface area contributed by atoms with Gasteiger partial charge in [-0.1, -0.05) is 38.1 Å². The quantitative estimate of drug-likeness (QED) is 0.758. The normalized spacial score (nSPS) is 12.2. The molecule has 1 amide bonds. The predicted molar refractivity (Wildman–Crippen MR) is 70.8 cm³/mol. The van der Waals surface area contributed by atoms with E-state index in [1.165, 1.54) is 5.56 Å². The number of nitrogens with one attached hydrogen (secondary N) is 1. The number of amides is 1. The van der Waals surface area contributed by atoms with Crippen molar-refractivity contribution in [3.05, 3.63) is 35.4 Å². The molecule has 0 heterocycles. The lowest BCUT2D eigenvalue weighted by molar-refractivity contribution is -0.118. The van der Waals surface area contributed by atoms with Gasteiger partial charge in [-0.25, -0.2) is 0 Å². The third-order valence-corrected chi connectivity index (χ3v) is 3.08. The maximum Gasteiger partial charge on any atom is 0.229 e. The first-order chi connectivity index (χ1) is 7.67. The summed E-state index contributed by atoms with van der Waals surface area (Å²) in [7, 11) is 0. The summed E-state index contributed by atoms with van der Waals surface area (Å²) < 4.78 is 0. The number of hydrogen-bond donors (Lipinski definition) is 2. The third-order valence-electron chi connectivity index (χ3n) is 2.79. The van der Waals surface area contributed by atoms with Crippen LogP contribution in [0.2, 0.25) is 0 Å². The van der Waals surface area contributed by atoms with E-state index < -0.39 is 0 Å². The Morgan fingerprint density at radius 1 is 1.38 bits per heavy atom. The Morgan fingerprint density at radius 2 is 2.00 bits per heavy atom. The molecule has 0 aliphatic heterocycles. The smallest absolute Gasteiger partial charge is 0.229 e. The zero-order chi connectivity index (χ0) is 12.0. The van der Waals surface area contributed by atoms with E-state index >= 15 is 0 Å². The fraction of sp³-hybridized carbons (Fsp3) is 0.462. The lowest BCUT2D eigenvalue weighted by Crippen LogP contribution is -2.23. The first-order valence-corrected chi connectivity index (χ1v) is 6.27. The van der Waals surface area contributed by atoms with Gasteiger partial charge in [0.2, 0.25) is 5.91 Å². The molecule has 0 saturated carbocycles. The van der Waals surface area contributed by atoms with Gasteiger partial charge < -0.3 is 5.32 Å². The fourth-order valence-electron chi connectivity index (χ4n) is 1.46. The average molecular weight is 237 g/mol. The molecule has 0 radical (unpaired) electrons. The Labute approximate surface area is 103 Å². The van der Waals surface area contributed by atoms with Crippen LogP contribution in [0.15, 0.2) is 24.3 Å². The van der Waals surface area contributed by atoms with Crippen molar-refractivity contribution < 1.29 is 4.79 Å². The van der Waals surface area contributed by atoms with Gasteiger partial charge in [0.25, 0.3) is 0 Å². The van der Waals surface area contributed by atoms with E-state index in [1.54, 1.807) is 0 Å². The molecular weight excluding hydrogens is 218 g/mol. The topological polar surface area (TPSA) is 29.1 Å². The van der Waals surface area contributed by atoms with Crippen LogP contribution >= 0.6 is 12.6 Å². The number of carbonyl (C=O) groups is 1. The van der Waals surface area contributed by atoms with Crippen molar-refractivity contribution in [2.24, 2.45) is 0 Å². The summed E-state index contributed by atoms with van der Waals surface area (Å²) in [5.74, 6) is 0.806. The molecule has 1 atom stereocenters. The SMILES string of the molecule is CCC(C)c1ccc(CNC(=O)CS)cc1. The highest BCUT2D eigenvalue weighted by Crippen LogP contribution is 2.18. The first-order valence-electron chi connectivity index (χ1n) is 5.63. The van der Waals surface area contributed by atoms with Crippen LogP contribution in [0.4, 0.5) is 0 Å². The maximum absolute atomic E-state index is 11.0. The summed E-state index contributed by atoms with van der Waals surface area (Å²) in [6.45, 7) is 4.99. The second-order valence-corrected chi connectivity index (χ2v) is 4.30. The Morgan fingerprint density at radius 3 is 2.50 bits per heavy atom. The maximum atomic E-state index is 11.0. The Balaban J connectivity index is 2.54. The monoisotopic (exact) mass is 237 g/mol. The molecule has 1 aromatic carbocycles. The summed E-state index contributed by atoms with van der Waals surface area (Å²) in [5, 5.41) is 2.80. The van der Waals surface area contributed by atoms with Gasteiger partial charge in [-0.15, -0.1) is 0 Å². The van der Waals surface area contributed by atoms with Crippen LogP contribution in [0, 0.1) is 0 Å². The molecule has 0 aromatic heterocycles. The Hall–Kier alpha value is -0.960. The van der Waals surface area contributed by atoms with Crippen molar-refractivity contribution in [2.45, 2.75) is 32.7 Å². The molecule has 2 nitrogen and oxygen atoms in total.